The molecule has 0 fully saturated rings. The van der Waals surface area contributed by atoms with Crippen LogP contribution in [0.2, 0.25) is 5.02 Å². The van der Waals surface area contributed by atoms with Crippen LogP contribution < -0.4 is 5.32 Å². The Kier molecular flexibility index (Phi) is 6.26. The predicted octanol–water partition coefficient (Wildman–Crippen LogP) is 4.07. The lowest BCUT2D eigenvalue weighted by molar-refractivity contribution is -0.119. The van der Waals surface area contributed by atoms with Crippen molar-refractivity contribution in [2.75, 3.05) is 11.9 Å². The van der Waals surface area contributed by atoms with E-state index in [-0.39, 0.29) is 28.3 Å². The molecule has 0 heterocycles. The van der Waals surface area contributed by atoms with Crippen molar-refractivity contribution in [3.05, 3.63) is 94.5 Å². The molecule has 0 aliphatic rings. The molecule has 3 rings (SSSR count). The zero-order valence-corrected chi connectivity index (χ0v) is 15.8. The number of anilines is 1. The van der Waals surface area contributed by atoms with Crippen molar-refractivity contribution < 1.29 is 24.2 Å². The zero-order chi connectivity index (χ0) is 20.8. The number of nitrogens with one attached hydrogen (secondary N) is 1. The van der Waals surface area contributed by atoms with E-state index < -0.39 is 18.5 Å². The van der Waals surface area contributed by atoms with Crippen LogP contribution in [0.3, 0.4) is 0 Å². The Morgan fingerprint density at radius 1 is 0.897 bits per heavy atom. The monoisotopic (exact) mass is 409 g/mol. The van der Waals surface area contributed by atoms with Crippen molar-refractivity contribution in [3.63, 3.8) is 0 Å². The summed E-state index contributed by atoms with van der Waals surface area (Å²) in [5, 5.41) is 12.2. The number of esters is 1. The first-order valence-electron chi connectivity index (χ1n) is 8.59. The largest absolute Gasteiger partial charge is 0.508 e. The Balaban J connectivity index is 1.69. The molecule has 7 heteroatoms. The summed E-state index contributed by atoms with van der Waals surface area (Å²) in [7, 11) is 0. The molecule has 0 saturated heterocycles. The highest BCUT2D eigenvalue weighted by Gasteiger charge is 2.17. The Morgan fingerprint density at radius 2 is 1.59 bits per heavy atom. The summed E-state index contributed by atoms with van der Waals surface area (Å²) < 4.78 is 4.97. The van der Waals surface area contributed by atoms with Crippen LogP contribution in [-0.2, 0) is 9.53 Å². The number of aromatic hydroxyl groups is 1. The van der Waals surface area contributed by atoms with Gasteiger partial charge in [-0.15, -0.1) is 0 Å². The molecule has 0 unspecified atom stereocenters. The van der Waals surface area contributed by atoms with Gasteiger partial charge in [-0.3, -0.25) is 9.59 Å². The second-order valence-corrected chi connectivity index (χ2v) is 6.49. The minimum atomic E-state index is -0.711. The molecule has 3 aromatic rings. The van der Waals surface area contributed by atoms with Crippen molar-refractivity contribution in [3.8, 4) is 5.75 Å². The molecule has 146 valence electrons. The summed E-state index contributed by atoms with van der Waals surface area (Å²) in [6, 6.07) is 18.5. The van der Waals surface area contributed by atoms with Gasteiger partial charge in [-0.2, -0.15) is 0 Å². The van der Waals surface area contributed by atoms with Crippen LogP contribution in [0.1, 0.15) is 26.3 Å². The van der Waals surface area contributed by atoms with Gasteiger partial charge < -0.3 is 15.2 Å². The van der Waals surface area contributed by atoms with Gasteiger partial charge in [0.25, 0.3) is 5.91 Å². The summed E-state index contributed by atoms with van der Waals surface area (Å²) in [5.74, 6) is -1.61. The average molecular weight is 410 g/mol. The van der Waals surface area contributed by atoms with E-state index in [4.69, 9.17) is 16.3 Å². The van der Waals surface area contributed by atoms with Gasteiger partial charge in [0.15, 0.2) is 12.4 Å². The molecule has 2 N–H and O–H groups in total. The highest BCUT2D eigenvalue weighted by molar-refractivity contribution is 6.31. The fourth-order valence-electron chi connectivity index (χ4n) is 2.56. The summed E-state index contributed by atoms with van der Waals surface area (Å²) in [6.45, 7) is -0.540. The number of hydrogen-bond acceptors (Lipinski definition) is 5. The molecule has 0 radical (unpaired) electrons. The lowest BCUT2D eigenvalue weighted by atomic mass is 10.0. The Morgan fingerprint density at radius 3 is 2.28 bits per heavy atom. The number of ketones is 1. The highest BCUT2D eigenvalue weighted by atomic mass is 35.5. The predicted molar refractivity (Wildman–Crippen MR) is 108 cm³/mol. The van der Waals surface area contributed by atoms with Gasteiger partial charge >= 0.3 is 5.97 Å². The van der Waals surface area contributed by atoms with Crippen LogP contribution in [0.5, 0.6) is 5.75 Å². The number of benzene rings is 3. The van der Waals surface area contributed by atoms with Gasteiger partial charge in [-0.1, -0.05) is 41.9 Å². The molecule has 0 bridgehead atoms. The van der Waals surface area contributed by atoms with Gasteiger partial charge in [0, 0.05) is 16.1 Å². The van der Waals surface area contributed by atoms with E-state index in [2.05, 4.69) is 5.32 Å². The maximum Gasteiger partial charge on any atom is 0.338 e. The number of ether oxygens (including phenoxy) is 1. The lowest BCUT2D eigenvalue weighted by Crippen LogP contribution is -2.22. The Hall–Kier alpha value is -3.64. The van der Waals surface area contributed by atoms with Crippen LogP contribution in [0.4, 0.5) is 5.69 Å². The van der Waals surface area contributed by atoms with E-state index in [1.165, 1.54) is 36.4 Å². The third-order valence-corrected chi connectivity index (χ3v) is 4.21. The standard InChI is InChI=1S/C22H16ClNO5/c23-16-8-11-19(18(12-16)21(27)14-4-2-1-3-5-14)24-20(26)13-29-22(28)15-6-9-17(25)10-7-15/h1-12,25H,13H2,(H,24,26). The number of carbonyl (C=O) groups is 3. The van der Waals surface area contributed by atoms with Gasteiger partial charge in [-0.25, -0.2) is 4.79 Å². The molecule has 0 aliphatic carbocycles. The smallest absolute Gasteiger partial charge is 0.338 e. The van der Waals surface area contributed by atoms with Gasteiger partial charge in [0.1, 0.15) is 5.75 Å². The molecule has 0 saturated carbocycles. The maximum atomic E-state index is 12.8. The van der Waals surface area contributed by atoms with Crippen LogP contribution in [0, 0.1) is 0 Å². The Bertz CT molecular complexity index is 1050. The highest BCUT2D eigenvalue weighted by Crippen LogP contribution is 2.24. The second kappa shape index (κ2) is 9.03. The maximum absolute atomic E-state index is 12.8. The fourth-order valence-corrected chi connectivity index (χ4v) is 2.73. The minimum Gasteiger partial charge on any atom is -0.508 e. The molecule has 3 aromatic carbocycles. The third-order valence-electron chi connectivity index (χ3n) is 3.97. The molecule has 0 spiro atoms. The molecule has 0 atom stereocenters. The SMILES string of the molecule is O=C(COC(=O)c1ccc(O)cc1)Nc1ccc(Cl)cc1C(=O)c1ccccc1. The van der Waals surface area contributed by atoms with Crippen molar-refractivity contribution in [1.82, 2.24) is 0 Å². The lowest BCUT2D eigenvalue weighted by Gasteiger charge is -2.11. The summed E-state index contributed by atoms with van der Waals surface area (Å²) in [6.07, 6.45) is 0. The molecule has 1 amide bonds. The zero-order valence-electron chi connectivity index (χ0n) is 15.1. The fraction of sp³-hybridized carbons (Fsp3) is 0.0455. The number of rotatable bonds is 6. The van der Waals surface area contributed by atoms with Crippen molar-refractivity contribution >= 4 is 34.9 Å². The van der Waals surface area contributed by atoms with Crippen molar-refractivity contribution in [1.29, 1.82) is 0 Å². The average Bonchev–Trinajstić information content (AvgIpc) is 2.74. The van der Waals surface area contributed by atoms with E-state index in [9.17, 15) is 19.5 Å². The molecule has 0 aromatic heterocycles. The van der Waals surface area contributed by atoms with Crippen LogP contribution in [-0.4, -0.2) is 29.4 Å². The number of phenolic OH excluding ortho intramolecular Hbond substituents is 1. The molecular formula is C22H16ClNO5. The van der Waals surface area contributed by atoms with E-state index in [0.29, 0.717) is 10.6 Å². The van der Waals surface area contributed by atoms with E-state index in [0.717, 1.165) is 0 Å². The normalized spacial score (nSPS) is 10.2. The second-order valence-electron chi connectivity index (χ2n) is 6.06. The first-order valence-corrected chi connectivity index (χ1v) is 8.97. The Labute approximate surface area is 171 Å². The number of halogens is 1. The molecule has 6 nitrogen and oxygen atoms in total. The van der Waals surface area contributed by atoms with Crippen LogP contribution >= 0.6 is 11.6 Å². The minimum absolute atomic E-state index is 0.0117. The molecule has 29 heavy (non-hydrogen) atoms. The van der Waals surface area contributed by atoms with Gasteiger partial charge in [0.2, 0.25) is 0 Å². The molecular weight excluding hydrogens is 394 g/mol. The summed E-state index contributed by atoms with van der Waals surface area (Å²) in [5.41, 5.74) is 1.13. The van der Waals surface area contributed by atoms with E-state index >= 15 is 0 Å². The summed E-state index contributed by atoms with van der Waals surface area (Å²) >= 11 is 6.01. The molecule has 0 aliphatic heterocycles. The van der Waals surface area contributed by atoms with Gasteiger partial charge in [-0.05, 0) is 42.5 Å². The third kappa shape index (κ3) is 5.21. The number of phenols is 1. The quantitative estimate of drug-likeness (QED) is 0.473. The van der Waals surface area contributed by atoms with Crippen LogP contribution in [0.25, 0.3) is 0 Å². The van der Waals surface area contributed by atoms with E-state index in [1.807, 2.05) is 0 Å². The van der Waals surface area contributed by atoms with Gasteiger partial charge in [0.05, 0.1) is 11.3 Å². The first-order chi connectivity index (χ1) is 13.9. The topological polar surface area (TPSA) is 92.7 Å². The van der Waals surface area contributed by atoms with Crippen molar-refractivity contribution in [2.45, 2.75) is 0 Å². The number of carbonyl (C=O) groups excluding carboxylic acids is 3. The number of hydrogen-bond donors (Lipinski definition) is 2. The van der Waals surface area contributed by atoms with Crippen molar-refractivity contribution in [2.24, 2.45) is 0 Å². The van der Waals surface area contributed by atoms with E-state index in [1.54, 1.807) is 36.4 Å². The number of amides is 1. The van der Waals surface area contributed by atoms with Crippen LogP contribution in [0.15, 0.2) is 72.8 Å². The summed E-state index contributed by atoms with van der Waals surface area (Å²) in [4.78, 5) is 37.0. The first kappa shape index (κ1) is 20.1.